The van der Waals surface area contributed by atoms with Gasteiger partial charge in [0.2, 0.25) is 0 Å². The summed E-state index contributed by atoms with van der Waals surface area (Å²) in [5.74, 6) is 1.65. The lowest BCUT2D eigenvalue weighted by molar-refractivity contribution is -0.0267. The van der Waals surface area contributed by atoms with Gasteiger partial charge in [-0.3, -0.25) is 0 Å². The molecule has 1 aliphatic rings. The van der Waals surface area contributed by atoms with Crippen molar-refractivity contribution >= 4 is 7.85 Å². The van der Waals surface area contributed by atoms with E-state index in [-0.39, 0.29) is 5.31 Å². The molecule has 0 N–H and O–H groups in total. The highest BCUT2D eigenvalue weighted by molar-refractivity contribution is 6.14. The molecule has 1 aliphatic carbocycles. The Balaban J connectivity index is 2.71. The second kappa shape index (κ2) is 3.91. The van der Waals surface area contributed by atoms with Gasteiger partial charge in [0.25, 0.3) is 0 Å². The van der Waals surface area contributed by atoms with Gasteiger partial charge in [-0.15, -0.1) is 0 Å². The van der Waals surface area contributed by atoms with Gasteiger partial charge < -0.3 is 0 Å². The number of rotatable bonds is 4. The number of hydrogen-bond donors (Lipinski definition) is 0. The van der Waals surface area contributed by atoms with Crippen LogP contribution in [0.5, 0.6) is 0 Å². The zero-order valence-corrected chi connectivity index (χ0v) is 10.6. The van der Waals surface area contributed by atoms with E-state index in [0.717, 1.165) is 18.3 Å². The molecule has 1 saturated carbocycles. The molecule has 0 heterocycles. The Bertz CT molecular complexity index is 189. The summed E-state index contributed by atoms with van der Waals surface area (Å²) in [6, 6.07) is 0. The molecule has 0 bridgehead atoms. The standard InChI is InChI=1S/C13H25B/c1-6-12(5,14)9-13(10(2)3)8-7-11(13)4/h10-11H,6-9H2,1-5H3. The average Bonchev–Trinajstić information content (AvgIpc) is 2.11. The Labute approximate surface area is 91.3 Å². The van der Waals surface area contributed by atoms with E-state index in [2.05, 4.69) is 34.6 Å². The third-order valence-corrected chi connectivity index (χ3v) is 4.71. The zero-order chi connectivity index (χ0) is 11.0. The molecule has 1 heteroatoms. The lowest BCUT2D eigenvalue weighted by Gasteiger charge is -2.55. The maximum Gasteiger partial charge on any atom is 0.0742 e. The fraction of sp³-hybridized carbons (Fsp3) is 1.00. The van der Waals surface area contributed by atoms with Crippen molar-refractivity contribution < 1.29 is 0 Å². The van der Waals surface area contributed by atoms with Crippen LogP contribution in [-0.2, 0) is 0 Å². The highest BCUT2D eigenvalue weighted by Crippen LogP contribution is 2.59. The highest BCUT2D eigenvalue weighted by Gasteiger charge is 2.48. The first-order valence-corrected chi connectivity index (χ1v) is 6.13. The van der Waals surface area contributed by atoms with Crippen molar-refractivity contribution in [3.63, 3.8) is 0 Å². The Hall–Kier alpha value is 0.0649. The Morgan fingerprint density at radius 3 is 2.29 bits per heavy atom. The molecule has 0 aromatic carbocycles. The first-order chi connectivity index (χ1) is 6.34. The van der Waals surface area contributed by atoms with Crippen molar-refractivity contribution in [1.29, 1.82) is 0 Å². The van der Waals surface area contributed by atoms with Gasteiger partial charge in [-0.25, -0.2) is 0 Å². The van der Waals surface area contributed by atoms with Crippen molar-refractivity contribution in [2.75, 3.05) is 0 Å². The predicted molar refractivity (Wildman–Crippen MR) is 64.7 cm³/mol. The summed E-state index contributed by atoms with van der Waals surface area (Å²) in [6.07, 6.45) is 5.08. The van der Waals surface area contributed by atoms with Crippen LogP contribution in [0.3, 0.4) is 0 Å². The molecule has 0 saturated heterocycles. The van der Waals surface area contributed by atoms with E-state index in [1.807, 2.05) is 0 Å². The minimum atomic E-state index is 0.0406. The molecule has 80 valence electrons. The molecule has 0 aromatic heterocycles. The molecule has 3 atom stereocenters. The van der Waals surface area contributed by atoms with Gasteiger partial charge in [-0.1, -0.05) is 46.4 Å². The molecule has 0 nitrogen and oxygen atoms in total. The lowest BCUT2D eigenvalue weighted by Crippen LogP contribution is -2.45. The summed E-state index contributed by atoms with van der Waals surface area (Å²) in [5.41, 5.74) is 0.541. The molecule has 0 aromatic rings. The zero-order valence-electron chi connectivity index (χ0n) is 10.6. The van der Waals surface area contributed by atoms with E-state index in [0.29, 0.717) is 5.41 Å². The first kappa shape index (κ1) is 12.1. The lowest BCUT2D eigenvalue weighted by atomic mass is 9.47. The van der Waals surface area contributed by atoms with Crippen molar-refractivity contribution in [2.24, 2.45) is 17.3 Å². The van der Waals surface area contributed by atoms with Crippen LogP contribution in [-0.4, -0.2) is 7.85 Å². The fourth-order valence-corrected chi connectivity index (χ4v) is 3.01. The molecule has 0 spiro atoms. The largest absolute Gasteiger partial charge is 0.0742 e. The van der Waals surface area contributed by atoms with Gasteiger partial charge in [0.1, 0.15) is 0 Å². The monoisotopic (exact) mass is 192 g/mol. The van der Waals surface area contributed by atoms with Crippen molar-refractivity contribution in [3.05, 3.63) is 0 Å². The van der Waals surface area contributed by atoms with Crippen molar-refractivity contribution in [1.82, 2.24) is 0 Å². The molecule has 14 heavy (non-hydrogen) atoms. The third-order valence-electron chi connectivity index (χ3n) is 4.71. The first-order valence-electron chi connectivity index (χ1n) is 6.13. The predicted octanol–water partition coefficient (Wildman–Crippen LogP) is 4.21. The smallest absolute Gasteiger partial charge is 0.0686 e. The van der Waals surface area contributed by atoms with Gasteiger partial charge in [0, 0.05) is 0 Å². The summed E-state index contributed by atoms with van der Waals surface area (Å²) in [7, 11) is 6.31. The molecule has 1 rings (SSSR count). The van der Waals surface area contributed by atoms with Crippen LogP contribution in [0, 0.1) is 17.3 Å². The van der Waals surface area contributed by atoms with Gasteiger partial charge >= 0.3 is 0 Å². The van der Waals surface area contributed by atoms with Crippen LogP contribution in [0.15, 0.2) is 0 Å². The van der Waals surface area contributed by atoms with E-state index in [9.17, 15) is 0 Å². The third kappa shape index (κ3) is 2.02. The van der Waals surface area contributed by atoms with Crippen molar-refractivity contribution in [2.45, 2.75) is 65.6 Å². The molecule has 1 fully saturated rings. The van der Waals surface area contributed by atoms with Crippen LogP contribution >= 0.6 is 0 Å². The fourth-order valence-electron chi connectivity index (χ4n) is 3.01. The number of hydrogen-bond acceptors (Lipinski definition) is 0. The average molecular weight is 192 g/mol. The van der Waals surface area contributed by atoms with Gasteiger partial charge in [0.15, 0.2) is 0 Å². The summed E-state index contributed by atoms with van der Waals surface area (Å²) >= 11 is 0. The Kier molecular flexibility index (Phi) is 3.39. The minimum absolute atomic E-state index is 0.0406. The quantitative estimate of drug-likeness (QED) is 0.585. The summed E-state index contributed by atoms with van der Waals surface area (Å²) in [4.78, 5) is 0. The van der Waals surface area contributed by atoms with Crippen molar-refractivity contribution in [3.8, 4) is 0 Å². The topological polar surface area (TPSA) is 0 Å². The Morgan fingerprint density at radius 1 is 1.50 bits per heavy atom. The van der Waals surface area contributed by atoms with E-state index in [1.54, 1.807) is 0 Å². The molecular formula is C13H25B. The molecule has 3 unspecified atom stereocenters. The van der Waals surface area contributed by atoms with E-state index in [4.69, 9.17) is 7.85 Å². The van der Waals surface area contributed by atoms with Gasteiger partial charge in [0.05, 0.1) is 7.85 Å². The Morgan fingerprint density at radius 2 is 2.07 bits per heavy atom. The van der Waals surface area contributed by atoms with Crippen LogP contribution < -0.4 is 0 Å². The SMILES string of the molecule is [B]C(C)(CC)CC1(C(C)C)CCC1C. The normalized spacial score (nSPS) is 36.6. The van der Waals surface area contributed by atoms with Crippen LogP contribution in [0.4, 0.5) is 0 Å². The molecule has 0 amide bonds. The van der Waals surface area contributed by atoms with E-state index in [1.165, 1.54) is 19.3 Å². The van der Waals surface area contributed by atoms with E-state index >= 15 is 0 Å². The molecular weight excluding hydrogens is 167 g/mol. The second-order valence-corrected chi connectivity index (χ2v) is 6.01. The van der Waals surface area contributed by atoms with Crippen LogP contribution in [0.1, 0.15) is 60.3 Å². The summed E-state index contributed by atoms with van der Waals surface area (Å²) < 4.78 is 0. The highest BCUT2D eigenvalue weighted by atomic mass is 14.5. The maximum atomic E-state index is 6.31. The van der Waals surface area contributed by atoms with Crippen LogP contribution in [0.25, 0.3) is 0 Å². The van der Waals surface area contributed by atoms with Gasteiger partial charge in [-0.2, -0.15) is 0 Å². The minimum Gasteiger partial charge on any atom is -0.0686 e. The summed E-state index contributed by atoms with van der Waals surface area (Å²) in [6.45, 7) is 11.5. The van der Waals surface area contributed by atoms with Gasteiger partial charge in [-0.05, 0) is 36.5 Å². The maximum absolute atomic E-state index is 6.31. The molecule has 0 aliphatic heterocycles. The van der Waals surface area contributed by atoms with E-state index < -0.39 is 0 Å². The summed E-state index contributed by atoms with van der Waals surface area (Å²) in [5, 5.41) is 0.0406. The second-order valence-electron chi connectivity index (χ2n) is 6.01. The molecule has 2 radical (unpaired) electrons. The van der Waals surface area contributed by atoms with Crippen LogP contribution in [0.2, 0.25) is 5.31 Å².